The standard InChI is InChI=1S/C12H16N4O5/c1-2-21-12(18)8-3-5-15(6-4-8)10-9(16(19)20)11(17)14-7-13-10/h7-8H,2-6H2,1H3,(H,13,14,17). The van der Waals surface area contributed by atoms with Crippen LogP contribution in [-0.2, 0) is 9.53 Å². The van der Waals surface area contributed by atoms with Gasteiger partial charge in [-0.25, -0.2) is 4.98 Å². The summed E-state index contributed by atoms with van der Waals surface area (Å²) in [6, 6.07) is 0. The molecule has 21 heavy (non-hydrogen) atoms. The molecular formula is C12H16N4O5. The number of carbonyl (C=O) groups is 1. The van der Waals surface area contributed by atoms with Crippen molar-refractivity contribution in [2.24, 2.45) is 5.92 Å². The number of aromatic nitrogens is 2. The van der Waals surface area contributed by atoms with Crippen LogP contribution in [0.4, 0.5) is 11.5 Å². The molecule has 1 saturated heterocycles. The molecule has 0 spiro atoms. The van der Waals surface area contributed by atoms with E-state index in [0.29, 0.717) is 32.5 Å². The molecule has 1 aliphatic rings. The van der Waals surface area contributed by atoms with Crippen LogP contribution < -0.4 is 10.5 Å². The minimum atomic E-state index is -0.780. The summed E-state index contributed by atoms with van der Waals surface area (Å²) >= 11 is 0. The van der Waals surface area contributed by atoms with Crippen LogP contribution in [0.3, 0.4) is 0 Å². The number of ether oxygens (including phenoxy) is 1. The van der Waals surface area contributed by atoms with Gasteiger partial charge in [-0.15, -0.1) is 0 Å². The Morgan fingerprint density at radius 1 is 1.57 bits per heavy atom. The minimum absolute atomic E-state index is 0.0473. The van der Waals surface area contributed by atoms with E-state index in [4.69, 9.17) is 4.74 Å². The van der Waals surface area contributed by atoms with Gasteiger partial charge in [-0.2, -0.15) is 0 Å². The summed E-state index contributed by atoms with van der Waals surface area (Å²) in [5.74, 6) is -0.404. The number of esters is 1. The van der Waals surface area contributed by atoms with Crippen molar-refractivity contribution >= 4 is 17.5 Å². The van der Waals surface area contributed by atoms with Crippen molar-refractivity contribution in [1.82, 2.24) is 9.97 Å². The van der Waals surface area contributed by atoms with Crippen LogP contribution in [0.2, 0.25) is 0 Å². The van der Waals surface area contributed by atoms with Crippen molar-refractivity contribution in [3.05, 3.63) is 26.8 Å². The molecule has 0 bridgehead atoms. The first-order valence-electron chi connectivity index (χ1n) is 6.68. The normalized spacial score (nSPS) is 15.8. The monoisotopic (exact) mass is 296 g/mol. The molecule has 9 heteroatoms. The number of aromatic amines is 1. The Bertz CT molecular complexity index is 592. The van der Waals surface area contributed by atoms with Gasteiger partial charge in [0, 0.05) is 13.1 Å². The van der Waals surface area contributed by atoms with Crippen LogP contribution in [0.25, 0.3) is 0 Å². The molecule has 0 amide bonds. The van der Waals surface area contributed by atoms with Gasteiger partial charge in [-0.3, -0.25) is 19.7 Å². The SMILES string of the molecule is CCOC(=O)C1CCN(c2nc[nH]c(=O)c2[N+](=O)[O-])CC1. The highest BCUT2D eigenvalue weighted by molar-refractivity contribution is 5.73. The number of rotatable bonds is 4. The Kier molecular flexibility index (Phi) is 4.51. The molecule has 1 aromatic heterocycles. The van der Waals surface area contributed by atoms with Gasteiger partial charge in [0.1, 0.15) is 0 Å². The maximum atomic E-state index is 11.7. The number of anilines is 1. The second-order valence-electron chi connectivity index (χ2n) is 4.67. The van der Waals surface area contributed by atoms with Crippen LogP contribution in [0.1, 0.15) is 19.8 Å². The third kappa shape index (κ3) is 3.18. The highest BCUT2D eigenvalue weighted by atomic mass is 16.6. The molecule has 2 rings (SSSR count). The summed E-state index contributed by atoms with van der Waals surface area (Å²) in [6.07, 6.45) is 2.18. The topological polar surface area (TPSA) is 118 Å². The van der Waals surface area contributed by atoms with Gasteiger partial charge in [0.2, 0.25) is 5.82 Å². The number of hydrogen-bond donors (Lipinski definition) is 1. The van der Waals surface area contributed by atoms with Crippen LogP contribution >= 0.6 is 0 Å². The summed E-state index contributed by atoms with van der Waals surface area (Å²) in [7, 11) is 0. The lowest BCUT2D eigenvalue weighted by Crippen LogP contribution is -2.38. The number of carbonyl (C=O) groups excluding carboxylic acids is 1. The van der Waals surface area contributed by atoms with Crippen LogP contribution in [-0.4, -0.2) is 40.6 Å². The Hall–Kier alpha value is -2.45. The molecule has 114 valence electrons. The summed E-state index contributed by atoms with van der Waals surface area (Å²) in [5, 5.41) is 11.0. The van der Waals surface area contributed by atoms with Crippen molar-refractivity contribution in [2.45, 2.75) is 19.8 Å². The predicted octanol–water partition coefficient (Wildman–Crippen LogP) is 0.458. The summed E-state index contributed by atoms with van der Waals surface area (Å²) in [4.78, 5) is 41.2. The van der Waals surface area contributed by atoms with E-state index in [2.05, 4.69) is 9.97 Å². The van der Waals surface area contributed by atoms with Gasteiger partial charge in [-0.05, 0) is 19.8 Å². The van der Waals surface area contributed by atoms with E-state index in [-0.39, 0.29) is 17.7 Å². The van der Waals surface area contributed by atoms with Gasteiger partial charge >= 0.3 is 17.2 Å². The van der Waals surface area contributed by atoms with E-state index in [9.17, 15) is 19.7 Å². The second-order valence-corrected chi connectivity index (χ2v) is 4.67. The molecule has 0 saturated carbocycles. The van der Waals surface area contributed by atoms with Crippen molar-refractivity contribution in [2.75, 3.05) is 24.6 Å². The zero-order chi connectivity index (χ0) is 15.4. The van der Waals surface area contributed by atoms with Gasteiger partial charge in [-0.1, -0.05) is 0 Å². The van der Waals surface area contributed by atoms with Crippen LogP contribution in [0.15, 0.2) is 11.1 Å². The van der Waals surface area contributed by atoms with E-state index in [1.807, 2.05) is 0 Å². The Balaban J connectivity index is 2.13. The number of nitrogens with zero attached hydrogens (tertiary/aromatic N) is 3. The van der Waals surface area contributed by atoms with Crippen LogP contribution in [0, 0.1) is 16.0 Å². The molecule has 1 N–H and O–H groups in total. The first kappa shape index (κ1) is 14.9. The van der Waals surface area contributed by atoms with Crippen molar-refractivity contribution in [3.8, 4) is 0 Å². The summed E-state index contributed by atoms with van der Waals surface area (Å²) in [5.41, 5.74) is -1.34. The second kappa shape index (κ2) is 6.33. The third-order valence-electron chi connectivity index (χ3n) is 3.41. The molecule has 0 radical (unpaired) electrons. The van der Waals surface area contributed by atoms with Crippen molar-refractivity contribution in [3.63, 3.8) is 0 Å². The van der Waals surface area contributed by atoms with Crippen molar-refractivity contribution in [1.29, 1.82) is 0 Å². The minimum Gasteiger partial charge on any atom is -0.466 e. The molecule has 9 nitrogen and oxygen atoms in total. The molecule has 0 atom stereocenters. The van der Waals surface area contributed by atoms with E-state index in [1.165, 1.54) is 0 Å². The largest absolute Gasteiger partial charge is 0.466 e. The highest BCUT2D eigenvalue weighted by Gasteiger charge is 2.31. The number of H-pyrrole nitrogens is 1. The van der Waals surface area contributed by atoms with Gasteiger partial charge in [0.25, 0.3) is 0 Å². The number of nitro groups is 1. The molecule has 0 unspecified atom stereocenters. The number of piperidine rings is 1. The lowest BCUT2D eigenvalue weighted by atomic mass is 9.97. The fraction of sp³-hybridized carbons (Fsp3) is 0.583. The lowest BCUT2D eigenvalue weighted by Gasteiger charge is -2.30. The Morgan fingerprint density at radius 2 is 2.24 bits per heavy atom. The first-order chi connectivity index (χ1) is 10.0. The summed E-state index contributed by atoms with van der Waals surface area (Å²) in [6.45, 7) is 2.91. The highest BCUT2D eigenvalue weighted by Crippen LogP contribution is 2.26. The molecule has 0 aliphatic carbocycles. The third-order valence-corrected chi connectivity index (χ3v) is 3.41. The zero-order valence-electron chi connectivity index (χ0n) is 11.6. The molecule has 2 heterocycles. The molecule has 1 aromatic rings. The average molecular weight is 296 g/mol. The summed E-state index contributed by atoms with van der Waals surface area (Å²) < 4.78 is 4.97. The van der Waals surface area contributed by atoms with E-state index in [1.54, 1.807) is 11.8 Å². The van der Waals surface area contributed by atoms with E-state index >= 15 is 0 Å². The molecule has 0 aromatic carbocycles. The fourth-order valence-corrected chi connectivity index (χ4v) is 2.37. The average Bonchev–Trinajstić information content (AvgIpc) is 2.47. The number of hydrogen-bond acceptors (Lipinski definition) is 7. The number of nitrogens with one attached hydrogen (secondary N) is 1. The Morgan fingerprint density at radius 3 is 2.81 bits per heavy atom. The fourth-order valence-electron chi connectivity index (χ4n) is 2.37. The Labute approximate surface area is 120 Å². The maximum Gasteiger partial charge on any atom is 0.375 e. The molecule has 1 aliphatic heterocycles. The lowest BCUT2D eigenvalue weighted by molar-refractivity contribution is -0.385. The smallest absolute Gasteiger partial charge is 0.375 e. The van der Waals surface area contributed by atoms with E-state index in [0.717, 1.165) is 6.33 Å². The first-order valence-corrected chi connectivity index (χ1v) is 6.68. The van der Waals surface area contributed by atoms with Gasteiger partial charge in [0.05, 0.1) is 23.8 Å². The van der Waals surface area contributed by atoms with Crippen molar-refractivity contribution < 1.29 is 14.5 Å². The predicted molar refractivity (Wildman–Crippen MR) is 73.1 cm³/mol. The quantitative estimate of drug-likeness (QED) is 0.487. The molecule has 1 fully saturated rings. The zero-order valence-corrected chi connectivity index (χ0v) is 11.6. The van der Waals surface area contributed by atoms with E-state index < -0.39 is 16.2 Å². The maximum absolute atomic E-state index is 11.7. The van der Waals surface area contributed by atoms with Gasteiger partial charge < -0.3 is 14.6 Å². The molecular weight excluding hydrogens is 280 g/mol. The van der Waals surface area contributed by atoms with Crippen LogP contribution in [0.5, 0.6) is 0 Å². The van der Waals surface area contributed by atoms with Gasteiger partial charge in [0.15, 0.2) is 0 Å².